The predicted octanol–water partition coefficient (Wildman–Crippen LogP) is 4.86. The average Bonchev–Trinajstić information content (AvgIpc) is 3.11. The van der Waals surface area contributed by atoms with Gasteiger partial charge < -0.3 is 14.6 Å². The summed E-state index contributed by atoms with van der Waals surface area (Å²) in [5, 5.41) is 22.5. The van der Waals surface area contributed by atoms with E-state index < -0.39 is 4.92 Å². The molecule has 0 aliphatic rings. The highest BCUT2D eigenvalue weighted by Gasteiger charge is 2.19. The van der Waals surface area contributed by atoms with Gasteiger partial charge in [-0.25, -0.2) is 0 Å². The third-order valence-corrected chi connectivity index (χ3v) is 6.19. The highest BCUT2D eigenvalue weighted by Crippen LogP contribution is 2.29. The van der Waals surface area contributed by atoms with E-state index in [-0.39, 0.29) is 28.5 Å². The molecule has 1 amide bonds. The van der Waals surface area contributed by atoms with E-state index in [0.717, 1.165) is 16.9 Å². The number of rotatable bonds is 8. The van der Waals surface area contributed by atoms with Gasteiger partial charge in [0, 0.05) is 18.8 Å². The topological polar surface area (TPSA) is 112 Å². The smallest absolute Gasteiger partial charge is 0.289 e. The van der Waals surface area contributed by atoms with Crippen LogP contribution in [0.4, 0.5) is 11.4 Å². The van der Waals surface area contributed by atoms with E-state index >= 15 is 0 Å². The van der Waals surface area contributed by atoms with E-state index in [4.69, 9.17) is 16.3 Å². The number of hydrogen-bond acceptors (Lipinski definition) is 7. The van der Waals surface area contributed by atoms with Gasteiger partial charge in [-0.15, -0.1) is 10.2 Å². The highest BCUT2D eigenvalue weighted by molar-refractivity contribution is 7.99. The Morgan fingerprint density at radius 2 is 2.06 bits per heavy atom. The minimum absolute atomic E-state index is 0.00573. The molecule has 0 bridgehead atoms. The Morgan fingerprint density at radius 1 is 1.31 bits per heavy atom. The Balaban J connectivity index is 1.62. The summed E-state index contributed by atoms with van der Waals surface area (Å²) in [7, 11) is 1.81. The van der Waals surface area contributed by atoms with Gasteiger partial charge in [0.05, 0.1) is 10.7 Å². The van der Waals surface area contributed by atoms with Crippen molar-refractivity contribution in [1.29, 1.82) is 0 Å². The van der Waals surface area contributed by atoms with E-state index in [1.807, 2.05) is 39.0 Å². The number of hydrogen-bond donors (Lipinski definition) is 1. The monoisotopic (exact) mass is 475 g/mol. The molecule has 32 heavy (non-hydrogen) atoms. The molecule has 0 aliphatic heterocycles. The minimum atomic E-state index is -0.602. The molecule has 1 aromatic heterocycles. The van der Waals surface area contributed by atoms with Gasteiger partial charge in [-0.05, 0) is 50.1 Å². The molecule has 1 heterocycles. The summed E-state index contributed by atoms with van der Waals surface area (Å²) < 4.78 is 7.85. The van der Waals surface area contributed by atoms with E-state index in [1.165, 1.54) is 30.0 Å². The maximum absolute atomic E-state index is 12.3. The van der Waals surface area contributed by atoms with Crippen LogP contribution in [0.5, 0.6) is 5.75 Å². The summed E-state index contributed by atoms with van der Waals surface area (Å²) >= 11 is 6.99. The minimum Gasteiger partial charge on any atom is -0.482 e. The number of nitro benzene ring substituents is 1. The molecule has 0 radical (unpaired) electrons. The zero-order chi connectivity index (χ0) is 23.4. The number of nitrogens with one attached hydrogen (secondary N) is 1. The fourth-order valence-corrected chi connectivity index (χ4v) is 3.86. The first kappa shape index (κ1) is 23.6. The van der Waals surface area contributed by atoms with E-state index in [0.29, 0.717) is 16.7 Å². The van der Waals surface area contributed by atoms with Crippen molar-refractivity contribution in [1.82, 2.24) is 14.8 Å². The summed E-state index contributed by atoms with van der Waals surface area (Å²) in [5.41, 5.74) is 2.23. The fourth-order valence-electron chi connectivity index (χ4n) is 2.96. The van der Waals surface area contributed by atoms with Crippen LogP contribution < -0.4 is 10.1 Å². The first-order valence-corrected chi connectivity index (χ1v) is 11.0. The zero-order valence-electron chi connectivity index (χ0n) is 18.0. The maximum Gasteiger partial charge on any atom is 0.289 e. The Bertz CT molecular complexity index is 1170. The van der Waals surface area contributed by atoms with Gasteiger partial charge in [0.15, 0.2) is 17.1 Å². The van der Waals surface area contributed by atoms with Gasteiger partial charge >= 0.3 is 0 Å². The largest absolute Gasteiger partial charge is 0.482 e. The summed E-state index contributed by atoms with van der Waals surface area (Å²) in [6, 6.07) is 9.97. The lowest BCUT2D eigenvalue weighted by molar-refractivity contribution is -0.384. The van der Waals surface area contributed by atoms with Crippen molar-refractivity contribution in [2.45, 2.75) is 32.0 Å². The molecule has 1 atom stereocenters. The molecule has 1 N–H and O–H groups in total. The van der Waals surface area contributed by atoms with Crippen molar-refractivity contribution in [2.75, 3.05) is 11.1 Å². The fraction of sp³-hybridized carbons (Fsp3) is 0.286. The number of benzene rings is 2. The Labute approximate surface area is 194 Å². The van der Waals surface area contributed by atoms with Crippen LogP contribution in [0.25, 0.3) is 0 Å². The second-order valence-corrected chi connectivity index (χ2v) is 8.47. The molecule has 0 saturated heterocycles. The second kappa shape index (κ2) is 10.0. The Kier molecular flexibility index (Phi) is 7.37. The van der Waals surface area contributed by atoms with Crippen LogP contribution in [0.3, 0.4) is 0 Å². The SMILES string of the molecule is Cc1cccc(OC(C)c2nnc(SCC(=O)Nc3ccc(Cl)c([N+](=O)[O-])c3)n2C)c1C. The van der Waals surface area contributed by atoms with Crippen molar-refractivity contribution in [2.24, 2.45) is 7.05 Å². The molecule has 2 aromatic carbocycles. The third-order valence-electron chi connectivity index (χ3n) is 4.85. The van der Waals surface area contributed by atoms with Crippen LogP contribution >= 0.6 is 23.4 Å². The number of thioether (sulfide) groups is 1. The number of ether oxygens (including phenoxy) is 1. The van der Waals surface area contributed by atoms with Gasteiger partial charge in [0.2, 0.25) is 5.91 Å². The molecule has 3 aromatic rings. The molecule has 0 fully saturated rings. The van der Waals surface area contributed by atoms with Crippen molar-refractivity contribution in [3.05, 3.63) is 68.5 Å². The van der Waals surface area contributed by atoms with Crippen LogP contribution in [0.15, 0.2) is 41.6 Å². The number of aryl methyl sites for hydroxylation is 1. The van der Waals surface area contributed by atoms with Gasteiger partial charge in [-0.2, -0.15) is 0 Å². The van der Waals surface area contributed by atoms with Crippen molar-refractivity contribution >= 4 is 40.6 Å². The lowest BCUT2D eigenvalue weighted by Gasteiger charge is -2.16. The zero-order valence-corrected chi connectivity index (χ0v) is 19.5. The molecule has 0 saturated carbocycles. The van der Waals surface area contributed by atoms with Gasteiger partial charge in [-0.1, -0.05) is 35.5 Å². The van der Waals surface area contributed by atoms with E-state index in [9.17, 15) is 14.9 Å². The van der Waals surface area contributed by atoms with Crippen molar-refractivity contribution < 1.29 is 14.5 Å². The Morgan fingerprint density at radius 3 is 2.78 bits per heavy atom. The van der Waals surface area contributed by atoms with Gasteiger partial charge in [-0.3, -0.25) is 14.9 Å². The summed E-state index contributed by atoms with van der Waals surface area (Å²) in [5.74, 6) is 1.12. The number of amides is 1. The number of anilines is 1. The van der Waals surface area contributed by atoms with Crippen molar-refractivity contribution in [3.63, 3.8) is 0 Å². The number of aromatic nitrogens is 3. The van der Waals surface area contributed by atoms with Crippen LogP contribution in [0.1, 0.15) is 30.0 Å². The lowest BCUT2D eigenvalue weighted by Crippen LogP contribution is -2.15. The molecule has 11 heteroatoms. The normalized spacial score (nSPS) is 11.8. The second-order valence-electron chi connectivity index (χ2n) is 7.12. The van der Waals surface area contributed by atoms with Crippen LogP contribution in [-0.4, -0.2) is 31.3 Å². The molecular formula is C21H22ClN5O4S. The molecule has 0 aliphatic carbocycles. The van der Waals surface area contributed by atoms with Gasteiger partial charge in [0.25, 0.3) is 5.69 Å². The molecule has 168 valence electrons. The molecule has 3 rings (SSSR count). The lowest BCUT2D eigenvalue weighted by atomic mass is 10.1. The summed E-state index contributed by atoms with van der Waals surface area (Å²) in [4.78, 5) is 22.7. The van der Waals surface area contributed by atoms with E-state index in [2.05, 4.69) is 15.5 Å². The molecule has 9 nitrogen and oxygen atoms in total. The third kappa shape index (κ3) is 5.38. The molecule has 0 spiro atoms. The highest BCUT2D eigenvalue weighted by atomic mass is 35.5. The number of carbonyl (C=O) groups excluding carboxylic acids is 1. The summed E-state index contributed by atoms with van der Waals surface area (Å²) in [6.07, 6.45) is -0.342. The molecular weight excluding hydrogens is 454 g/mol. The quantitative estimate of drug-likeness (QED) is 0.281. The maximum atomic E-state index is 12.3. The van der Waals surface area contributed by atoms with E-state index in [1.54, 1.807) is 11.6 Å². The predicted molar refractivity (Wildman–Crippen MR) is 123 cm³/mol. The number of halogens is 1. The van der Waals surface area contributed by atoms with Crippen molar-refractivity contribution in [3.8, 4) is 5.75 Å². The average molecular weight is 476 g/mol. The van der Waals surface area contributed by atoms with Crippen LogP contribution in [-0.2, 0) is 11.8 Å². The van der Waals surface area contributed by atoms with Gasteiger partial charge in [0.1, 0.15) is 10.8 Å². The number of carbonyl (C=O) groups is 1. The first-order chi connectivity index (χ1) is 15.2. The summed E-state index contributed by atoms with van der Waals surface area (Å²) in [6.45, 7) is 5.92. The number of nitrogens with zero attached hydrogens (tertiary/aromatic N) is 4. The standard InChI is InChI=1S/C21H22ClN5O4S/c1-12-6-5-7-18(13(12)2)31-14(3)20-24-25-21(26(20)4)32-11-19(28)23-15-8-9-16(22)17(10-15)27(29)30/h5-10,14H,11H2,1-4H3,(H,23,28). The molecule has 1 unspecified atom stereocenters. The Hall–Kier alpha value is -3.11. The van der Waals surface area contributed by atoms with Crippen LogP contribution in [0.2, 0.25) is 5.02 Å². The van der Waals surface area contributed by atoms with Crippen LogP contribution in [0, 0.1) is 24.0 Å². The number of nitro groups is 1. The first-order valence-electron chi connectivity index (χ1n) is 9.66.